The zero-order chi connectivity index (χ0) is 14.6. The van der Waals surface area contributed by atoms with Gasteiger partial charge in [0, 0.05) is 38.6 Å². The van der Waals surface area contributed by atoms with Gasteiger partial charge in [-0.2, -0.15) is 0 Å². The molecule has 1 spiro atoms. The van der Waals surface area contributed by atoms with E-state index in [-0.39, 0.29) is 29.8 Å². The standard InChI is InChI=1S/C13H23O6P/c1-9-11-13(9)10(4-6-18-20(3,14)15)12(19-13,8-16-2)5-7-17-11/h9-11H,4-8H2,1-3H3,(H,14,15)/t9-,10?,11-,12+,13-/m0/s1. The van der Waals surface area contributed by atoms with Gasteiger partial charge in [-0.25, -0.2) is 0 Å². The van der Waals surface area contributed by atoms with Crippen LogP contribution in [-0.2, 0) is 23.3 Å². The van der Waals surface area contributed by atoms with Gasteiger partial charge in [-0.15, -0.1) is 0 Å². The number of ether oxygens (including phenoxy) is 3. The summed E-state index contributed by atoms with van der Waals surface area (Å²) in [6, 6.07) is 0. The van der Waals surface area contributed by atoms with Gasteiger partial charge in [-0.3, -0.25) is 4.57 Å². The number of fused-ring (bicyclic) bond motifs is 2. The first kappa shape index (κ1) is 14.9. The van der Waals surface area contributed by atoms with Crippen molar-refractivity contribution < 1.29 is 28.2 Å². The van der Waals surface area contributed by atoms with Crippen molar-refractivity contribution in [3.8, 4) is 0 Å². The summed E-state index contributed by atoms with van der Waals surface area (Å²) in [5.74, 6) is 0.643. The van der Waals surface area contributed by atoms with Gasteiger partial charge in [-0.1, -0.05) is 6.92 Å². The molecule has 20 heavy (non-hydrogen) atoms. The van der Waals surface area contributed by atoms with Crippen LogP contribution >= 0.6 is 7.60 Å². The first-order valence-corrected chi connectivity index (χ1v) is 9.14. The van der Waals surface area contributed by atoms with Crippen LogP contribution in [-0.4, -0.2) is 55.8 Å². The summed E-state index contributed by atoms with van der Waals surface area (Å²) in [6.07, 6.45) is 1.66. The van der Waals surface area contributed by atoms with E-state index in [2.05, 4.69) is 6.92 Å². The van der Waals surface area contributed by atoms with E-state index < -0.39 is 7.60 Å². The number of methoxy groups -OCH3 is 1. The normalized spacial score (nSPS) is 48.7. The van der Waals surface area contributed by atoms with Gasteiger partial charge in [-0.05, 0) is 6.42 Å². The first-order chi connectivity index (χ1) is 9.36. The lowest BCUT2D eigenvalue weighted by molar-refractivity contribution is -0.302. The number of hydrogen-bond acceptors (Lipinski definition) is 5. The van der Waals surface area contributed by atoms with Crippen molar-refractivity contribution in [1.29, 1.82) is 0 Å². The molecule has 1 saturated carbocycles. The fourth-order valence-electron chi connectivity index (χ4n) is 4.16. The van der Waals surface area contributed by atoms with Gasteiger partial charge < -0.3 is 23.6 Å². The van der Waals surface area contributed by atoms with Gasteiger partial charge in [0.1, 0.15) is 11.2 Å². The summed E-state index contributed by atoms with van der Waals surface area (Å²) in [5, 5.41) is 0. The Hall–Kier alpha value is 0.0300. The van der Waals surface area contributed by atoms with E-state index in [1.54, 1.807) is 7.11 Å². The van der Waals surface area contributed by atoms with Crippen LogP contribution in [0.2, 0.25) is 0 Å². The van der Waals surface area contributed by atoms with Crippen LogP contribution in [0.4, 0.5) is 0 Å². The van der Waals surface area contributed by atoms with Crippen LogP contribution in [0.15, 0.2) is 0 Å². The van der Waals surface area contributed by atoms with Crippen molar-refractivity contribution in [3.05, 3.63) is 0 Å². The molecule has 0 aromatic rings. The topological polar surface area (TPSA) is 74.2 Å². The average molecular weight is 306 g/mol. The second-order valence-corrected chi connectivity index (χ2v) is 8.13. The fraction of sp³-hybridized carbons (Fsp3) is 1.00. The molecule has 116 valence electrons. The third-order valence-corrected chi connectivity index (χ3v) is 5.67. The second kappa shape index (κ2) is 4.77. The van der Waals surface area contributed by atoms with E-state index in [0.717, 1.165) is 6.42 Å². The zero-order valence-corrected chi connectivity index (χ0v) is 13.1. The smallest absolute Gasteiger partial charge is 0.325 e. The van der Waals surface area contributed by atoms with Crippen LogP contribution in [0.5, 0.6) is 0 Å². The highest BCUT2D eigenvalue weighted by Gasteiger charge is 2.82. The molecule has 2 bridgehead atoms. The van der Waals surface area contributed by atoms with E-state index >= 15 is 0 Å². The van der Waals surface area contributed by atoms with Gasteiger partial charge in [0.05, 0.1) is 19.3 Å². The Morgan fingerprint density at radius 1 is 1.50 bits per heavy atom. The molecule has 2 unspecified atom stereocenters. The van der Waals surface area contributed by atoms with E-state index in [0.29, 0.717) is 25.6 Å². The Morgan fingerprint density at radius 2 is 2.25 bits per heavy atom. The Kier molecular flexibility index (Phi) is 3.56. The van der Waals surface area contributed by atoms with Gasteiger partial charge >= 0.3 is 7.60 Å². The molecule has 6 nitrogen and oxygen atoms in total. The minimum absolute atomic E-state index is 0.155. The van der Waals surface area contributed by atoms with Gasteiger partial charge in [0.25, 0.3) is 0 Å². The van der Waals surface area contributed by atoms with Crippen molar-refractivity contribution in [1.82, 2.24) is 0 Å². The van der Waals surface area contributed by atoms with Crippen LogP contribution in [0.25, 0.3) is 0 Å². The maximum atomic E-state index is 11.2. The van der Waals surface area contributed by atoms with Crippen molar-refractivity contribution in [2.75, 3.05) is 33.6 Å². The molecule has 6 atom stereocenters. The van der Waals surface area contributed by atoms with E-state index in [1.165, 1.54) is 6.66 Å². The molecule has 4 aliphatic rings. The molecule has 0 aromatic heterocycles. The third-order valence-electron chi connectivity index (χ3n) is 5.01. The maximum Gasteiger partial charge on any atom is 0.325 e. The monoisotopic (exact) mass is 306 g/mol. The predicted molar refractivity (Wildman–Crippen MR) is 71.8 cm³/mol. The average Bonchev–Trinajstić information content (AvgIpc) is 2.98. The molecule has 3 heterocycles. The number of hydrogen-bond donors (Lipinski definition) is 1. The van der Waals surface area contributed by atoms with Crippen LogP contribution in [0.1, 0.15) is 19.8 Å². The summed E-state index contributed by atoms with van der Waals surface area (Å²) in [4.78, 5) is 9.23. The van der Waals surface area contributed by atoms with E-state index in [1.807, 2.05) is 0 Å². The minimum Gasteiger partial charge on any atom is -0.382 e. The Morgan fingerprint density at radius 3 is 2.90 bits per heavy atom. The largest absolute Gasteiger partial charge is 0.382 e. The quantitative estimate of drug-likeness (QED) is 0.748. The Labute approximate surface area is 119 Å². The first-order valence-electron chi connectivity index (χ1n) is 7.11. The summed E-state index contributed by atoms with van der Waals surface area (Å²) < 4.78 is 33.7. The van der Waals surface area contributed by atoms with Crippen LogP contribution < -0.4 is 0 Å². The van der Waals surface area contributed by atoms with Crippen molar-refractivity contribution in [2.24, 2.45) is 11.8 Å². The summed E-state index contributed by atoms with van der Waals surface area (Å²) in [5.41, 5.74) is -0.531. The summed E-state index contributed by atoms with van der Waals surface area (Å²) in [7, 11) is -1.74. The molecule has 1 N–H and O–H groups in total. The molecule has 0 amide bonds. The van der Waals surface area contributed by atoms with E-state index in [9.17, 15) is 9.46 Å². The highest BCUT2D eigenvalue weighted by molar-refractivity contribution is 7.51. The van der Waals surface area contributed by atoms with Gasteiger partial charge in [0.15, 0.2) is 0 Å². The minimum atomic E-state index is -3.41. The molecular weight excluding hydrogens is 283 g/mol. The molecule has 3 aliphatic heterocycles. The molecule has 0 aromatic carbocycles. The molecule has 1 aliphatic carbocycles. The zero-order valence-electron chi connectivity index (χ0n) is 12.2. The van der Waals surface area contributed by atoms with Crippen LogP contribution in [0, 0.1) is 11.8 Å². The lowest BCUT2D eigenvalue weighted by atomic mass is 9.71. The highest BCUT2D eigenvalue weighted by atomic mass is 31.2. The molecular formula is C13H23O6P. The molecule has 7 heteroatoms. The SMILES string of the molecule is COC[C@@]12CCO[C@H]3[C@H](C)[C@]3(O1)C2CCOP(C)(=O)O. The maximum absolute atomic E-state index is 11.2. The molecule has 3 saturated heterocycles. The van der Waals surface area contributed by atoms with Crippen molar-refractivity contribution in [3.63, 3.8) is 0 Å². The van der Waals surface area contributed by atoms with Gasteiger partial charge in [0.2, 0.25) is 0 Å². The Bertz CT molecular complexity index is 437. The molecule has 0 radical (unpaired) electrons. The molecule has 4 rings (SSSR count). The predicted octanol–water partition coefficient (Wildman–Crippen LogP) is 1.42. The van der Waals surface area contributed by atoms with Crippen molar-refractivity contribution >= 4 is 7.60 Å². The lowest BCUT2D eigenvalue weighted by Gasteiger charge is -2.55. The molecule has 4 fully saturated rings. The Balaban J connectivity index is 1.71. The highest BCUT2D eigenvalue weighted by Crippen LogP contribution is 2.69. The second-order valence-electron chi connectivity index (χ2n) is 6.26. The van der Waals surface area contributed by atoms with Crippen molar-refractivity contribution in [2.45, 2.75) is 37.1 Å². The lowest BCUT2D eigenvalue weighted by Crippen LogP contribution is -2.65. The van der Waals surface area contributed by atoms with E-state index in [4.69, 9.17) is 18.7 Å². The summed E-state index contributed by atoms with van der Waals surface area (Å²) in [6.45, 7) is 4.84. The third kappa shape index (κ3) is 2.09. The fourth-order valence-corrected chi connectivity index (χ4v) is 4.61. The number of rotatable bonds is 6. The summed E-state index contributed by atoms with van der Waals surface area (Å²) >= 11 is 0. The van der Waals surface area contributed by atoms with Crippen LogP contribution in [0.3, 0.4) is 0 Å².